The van der Waals surface area contributed by atoms with E-state index in [9.17, 15) is 24.0 Å². The van der Waals surface area contributed by atoms with Crippen LogP contribution < -0.4 is 11.1 Å². The van der Waals surface area contributed by atoms with E-state index in [2.05, 4.69) is 32.6 Å². The minimum Gasteiger partial charge on any atom is -0.391 e. The molecule has 10 heteroatoms. The van der Waals surface area contributed by atoms with Gasteiger partial charge in [-0.3, -0.25) is 19.3 Å². The first-order valence-corrected chi connectivity index (χ1v) is 9.93. The van der Waals surface area contributed by atoms with E-state index in [1.807, 2.05) is 6.07 Å². The van der Waals surface area contributed by atoms with Crippen LogP contribution in [0.4, 0.5) is 0 Å². The Balaban J connectivity index is 1.65. The number of rotatable bonds is 9. The number of imide groups is 1. The molecule has 1 aromatic carbocycles. The van der Waals surface area contributed by atoms with Gasteiger partial charge >= 0.3 is 11.9 Å². The van der Waals surface area contributed by atoms with Crippen molar-refractivity contribution in [3.8, 4) is 0 Å². The molecule has 0 spiro atoms. The Kier molecular flexibility index (Phi) is 8.46. The standard InChI is InChI=1S/C19H20IN3O6/c20-13-5-3-4-12(10-13)18(27)22-11-17(26)29-19(28)14(21)6-1-2-9-23-15(24)7-8-16(23)25/h3-5,7-8,10,14H,1-2,6,9,11,21H2,(H,22,27)/t14-/m0/s1. The van der Waals surface area contributed by atoms with E-state index >= 15 is 0 Å². The molecule has 0 aliphatic carbocycles. The number of ether oxygens (including phenoxy) is 1. The molecule has 3 amide bonds. The summed E-state index contributed by atoms with van der Waals surface area (Å²) in [7, 11) is 0. The van der Waals surface area contributed by atoms with Crippen molar-refractivity contribution in [1.29, 1.82) is 0 Å². The van der Waals surface area contributed by atoms with Gasteiger partial charge in [0, 0.05) is 27.8 Å². The summed E-state index contributed by atoms with van der Waals surface area (Å²) in [5.74, 6) is -3.00. The van der Waals surface area contributed by atoms with Gasteiger partial charge in [0.2, 0.25) is 0 Å². The summed E-state index contributed by atoms with van der Waals surface area (Å²) in [6, 6.07) is 5.77. The minimum absolute atomic E-state index is 0.227. The summed E-state index contributed by atoms with van der Waals surface area (Å²) in [5.41, 5.74) is 6.09. The molecular weight excluding hydrogens is 493 g/mol. The molecule has 0 aromatic heterocycles. The third-order valence-electron chi connectivity index (χ3n) is 4.04. The normalized spacial score (nSPS) is 14.1. The molecule has 29 heavy (non-hydrogen) atoms. The number of nitrogens with zero attached hydrogens (tertiary/aromatic N) is 1. The van der Waals surface area contributed by atoms with Crippen LogP contribution in [0.15, 0.2) is 36.4 Å². The summed E-state index contributed by atoms with van der Waals surface area (Å²) in [6.45, 7) is -0.231. The highest BCUT2D eigenvalue weighted by Gasteiger charge is 2.23. The van der Waals surface area contributed by atoms with Crippen molar-refractivity contribution in [2.45, 2.75) is 25.3 Å². The van der Waals surface area contributed by atoms with Crippen molar-refractivity contribution in [3.63, 3.8) is 0 Å². The largest absolute Gasteiger partial charge is 0.391 e. The lowest BCUT2D eigenvalue weighted by Crippen LogP contribution is -2.37. The lowest BCUT2D eigenvalue weighted by molar-refractivity contribution is -0.160. The highest BCUT2D eigenvalue weighted by atomic mass is 127. The molecule has 0 fully saturated rings. The number of esters is 2. The first-order valence-electron chi connectivity index (χ1n) is 8.85. The van der Waals surface area contributed by atoms with E-state index in [1.54, 1.807) is 18.2 Å². The zero-order valence-electron chi connectivity index (χ0n) is 15.4. The number of unbranched alkanes of at least 4 members (excludes halogenated alkanes) is 1. The lowest BCUT2D eigenvalue weighted by Gasteiger charge is -2.14. The van der Waals surface area contributed by atoms with Gasteiger partial charge in [0.15, 0.2) is 0 Å². The van der Waals surface area contributed by atoms with Crippen LogP contribution in [0.25, 0.3) is 0 Å². The first-order chi connectivity index (χ1) is 13.8. The molecule has 1 heterocycles. The molecule has 9 nitrogen and oxygen atoms in total. The lowest BCUT2D eigenvalue weighted by atomic mass is 10.1. The fraction of sp³-hybridized carbons (Fsp3) is 0.316. The molecular formula is C19H20IN3O6. The topological polar surface area (TPSA) is 136 Å². The fourth-order valence-corrected chi connectivity index (χ4v) is 3.05. The van der Waals surface area contributed by atoms with E-state index in [4.69, 9.17) is 5.73 Å². The third kappa shape index (κ3) is 7.06. The predicted octanol–water partition coefficient (Wildman–Crippen LogP) is 0.513. The number of carbonyl (C=O) groups is 5. The first kappa shape index (κ1) is 22.7. The summed E-state index contributed by atoms with van der Waals surface area (Å²) in [6.07, 6.45) is 3.57. The number of carbonyl (C=O) groups excluding carboxylic acids is 5. The molecule has 1 aliphatic heterocycles. The zero-order valence-corrected chi connectivity index (χ0v) is 17.6. The highest BCUT2D eigenvalue weighted by Crippen LogP contribution is 2.09. The van der Waals surface area contributed by atoms with Crippen LogP contribution in [0.5, 0.6) is 0 Å². The molecule has 3 N–H and O–H groups in total. The van der Waals surface area contributed by atoms with Crippen LogP contribution in [0, 0.1) is 3.57 Å². The van der Waals surface area contributed by atoms with Crippen molar-refractivity contribution >= 4 is 52.3 Å². The smallest absolute Gasteiger partial charge is 0.333 e. The number of halogens is 1. The van der Waals surface area contributed by atoms with E-state index < -0.39 is 30.4 Å². The van der Waals surface area contributed by atoms with Crippen LogP contribution in [0.1, 0.15) is 29.6 Å². The molecule has 1 aliphatic rings. The van der Waals surface area contributed by atoms with Crippen molar-refractivity contribution < 1.29 is 28.7 Å². The van der Waals surface area contributed by atoms with Crippen LogP contribution in [0.3, 0.4) is 0 Å². The van der Waals surface area contributed by atoms with Gasteiger partial charge in [0.05, 0.1) is 0 Å². The molecule has 2 rings (SSSR count). The molecule has 0 radical (unpaired) electrons. The van der Waals surface area contributed by atoms with Crippen molar-refractivity contribution in [2.75, 3.05) is 13.1 Å². The molecule has 0 saturated heterocycles. The maximum absolute atomic E-state index is 12.0. The van der Waals surface area contributed by atoms with Gasteiger partial charge in [-0.25, -0.2) is 9.59 Å². The number of benzene rings is 1. The Morgan fingerprint density at radius 3 is 2.48 bits per heavy atom. The van der Waals surface area contributed by atoms with Crippen molar-refractivity contribution in [2.24, 2.45) is 5.73 Å². The maximum Gasteiger partial charge on any atom is 0.333 e. The summed E-state index contributed by atoms with van der Waals surface area (Å²) in [5, 5.41) is 2.38. The summed E-state index contributed by atoms with van der Waals surface area (Å²) in [4.78, 5) is 59.5. The number of hydrogen-bond donors (Lipinski definition) is 2. The average Bonchev–Trinajstić information content (AvgIpc) is 3.00. The second-order valence-electron chi connectivity index (χ2n) is 6.25. The van der Waals surface area contributed by atoms with E-state index in [0.29, 0.717) is 18.4 Å². The Morgan fingerprint density at radius 2 is 1.83 bits per heavy atom. The highest BCUT2D eigenvalue weighted by molar-refractivity contribution is 14.1. The minimum atomic E-state index is -1.02. The number of hydrogen-bond acceptors (Lipinski definition) is 7. The second kappa shape index (κ2) is 10.8. The fourth-order valence-electron chi connectivity index (χ4n) is 2.51. The van der Waals surface area contributed by atoms with E-state index in [0.717, 1.165) is 8.47 Å². The number of amides is 3. The van der Waals surface area contributed by atoms with Crippen LogP contribution in [-0.2, 0) is 23.9 Å². The zero-order chi connectivity index (χ0) is 21.4. The van der Waals surface area contributed by atoms with Crippen LogP contribution in [-0.4, -0.2) is 53.7 Å². The van der Waals surface area contributed by atoms with Crippen molar-refractivity contribution in [1.82, 2.24) is 10.2 Å². The van der Waals surface area contributed by atoms with Gasteiger partial charge in [-0.2, -0.15) is 0 Å². The Labute approximate surface area is 180 Å². The van der Waals surface area contributed by atoms with Gasteiger partial charge in [-0.15, -0.1) is 0 Å². The van der Waals surface area contributed by atoms with Crippen LogP contribution >= 0.6 is 22.6 Å². The summed E-state index contributed by atoms with van der Waals surface area (Å²) >= 11 is 2.06. The Bertz CT molecular complexity index is 836. The van der Waals surface area contributed by atoms with Crippen LogP contribution in [0.2, 0.25) is 0 Å². The monoisotopic (exact) mass is 513 g/mol. The van der Waals surface area contributed by atoms with Gasteiger partial charge in [-0.05, 0) is 60.1 Å². The average molecular weight is 513 g/mol. The second-order valence-corrected chi connectivity index (χ2v) is 7.50. The summed E-state index contributed by atoms with van der Waals surface area (Å²) < 4.78 is 5.51. The molecule has 0 saturated carbocycles. The quantitative estimate of drug-likeness (QED) is 0.162. The maximum atomic E-state index is 12.0. The third-order valence-corrected chi connectivity index (χ3v) is 4.72. The molecule has 1 atom stereocenters. The van der Waals surface area contributed by atoms with Crippen molar-refractivity contribution in [3.05, 3.63) is 45.6 Å². The van der Waals surface area contributed by atoms with Gasteiger partial charge in [-0.1, -0.05) is 6.07 Å². The number of nitrogens with two attached hydrogens (primary N) is 1. The Morgan fingerprint density at radius 1 is 1.14 bits per heavy atom. The number of nitrogens with one attached hydrogen (secondary N) is 1. The SMILES string of the molecule is N[C@@H](CCCCN1C(=O)C=CC1=O)C(=O)OC(=O)CNC(=O)c1cccc(I)c1. The van der Waals surface area contributed by atoms with E-state index in [-0.39, 0.29) is 24.8 Å². The molecule has 0 unspecified atom stereocenters. The van der Waals surface area contributed by atoms with E-state index in [1.165, 1.54) is 12.2 Å². The molecule has 1 aromatic rings. The molecule has 154 valence electrons. The van der Waals surface area contributed by atoms with Gasteiger partial charge in [0.1, 0.15) is 12.6 Å². The Hall–Kier alpha value is -2.60. The van der Waals surface area contributed by atoms with Gasteiger partial charge < -0.3 is 15.8 Å². The van der Waals surface area contributed by atoms with Gasteiger partial charge in [0.25, 0.3) is 17.7 Å². The predicted molar refractivity (Wildman–Crippen MR) is 110 cm³/mol. The molecule has 0 bridgehead atoms.